The highest BCUT2D eigenvalue weighted by Crippen LogP contribution is 2.43. The highest BCUT2D eigenvalue weighted by molar-refractivity contribution is 7.89. The number of sulfonamides is 1. The maximum Gasteiger partial charge on any atom is 0.243 e. The minimum absolute atomic E-state index is 0.204. The van der Waals surface area contributed by atoms with Gasteiger partial charge in [0.1, 0.15) is 6.10 Å². The van der Waals surface area contributed by atoms with Gasteiger partial charge in [0.25, 0.3) is 0 Å². The van der Waals surface area contributed by atoms with Crippen molar-refractivity contribution in [3.63, 3.8) is 0 Å². The van der Waals surface area contributed by atoms with E-state index in [1.54, 1.807) is 16.4 Å². The Hall–Kier alpha value is -2.75. The summed E-state index contributed by atoms with van der Waals surface area (Å²) in [5.74, 6) is -0.858. The maximum absolute atomic E-state index is 14.2. The highest BCUT2D eigenvalue weighted by atomic mass is 32.2. The second-order valence-corrected chi connectivity index (χ2v) is 12.4. The number of hydrogen-bond donors (Lipinski definition) is 0. The van der Waals surface area contributed by atoms with Gasteiger partial charge in [-0.05, 0) is 50.1 Å². The SMILES string of the molecule is Cc1ccc(S(=O)(=O)N2Cc3ccccc3N(Cc3ccccc3)C[C@H]3O[C@@H]4OC(C)(C)O[C@@H]4[C@H]32)cc1. The summed E-state index contributed by atoms with van der Waals surface area (Å²) in [6.45, 7) is 7.00. The predicted molar refractivity (Wildman–Crippen MR) is 140 cm³/mol. The number of hydrogen-bond acceptors (Lipinski definition) is 6. The molecule has 3 aromatic rings. The van der Waals surface area contributed by atoms with Gasteiger partial charge in [-0.3, -0.25) is 0 Å². The summed E-state index contributed by atoms with van der Waals surface area (Å²) >= 11 is 0. The molecular weight excluding hydrogens is 488 g/mol. The summed E-state index contributed by atoms with van der Waals surface area (Å²) < 4.78 is 48.8. The summed E-state index contributed by atoms with van der Waals surface area (Å²) in [5.41, 5.74) is 4.11. The van der Waals surface area contributed by atoms with Crippen molar-refractivity contribution in [1.82, 2.24) is 4.31 Å². The normalized spacial score (nSPS) is 27.2. The van der Waals surface area contributed by atoms with Gasteiger partial charge >= 0.3 is 0 Å². The maximum atomic E-state index is 14.2. The van der Waals surface area contributed by atoms with E-state index in [0.717, 1.165) is 16.8 Å². The molecule has 2 saturated heterocycles. The lowest BCUT2D eigenvalue weighted by atomic mass is 10.0. The quantitative estimate of drug-likeness (QED) is 0.506. The van der Waals surface area contributed by atoms with Gasteiger partial charge in [-0.1, -0.05) is 66.2 Å². The number of fused-ring (bicyclic) bond motifs is 4. The van der Waals surface area contributed by atoms with Crippen LogP contribution in [0.5, 0.6) is 0 Å². The molecule has 0 bridgehead atoms. The molecule has 0 amide bonds. The number of rotatable bonds is 4. The Morgan fingerprint density at radius 1 is 0.919 bits per heavy atom. The van der Waals surface area contributed by atoms with E-state index in [9.17, 15) is 8.42 Å². The largest absolute Gasteiger partial charge is 0.364 e. The summed E-state index contributed by atoms with van der Waals surface area (Å²) in [5, 5.41) is 0. The van der Waals surface area contributed by atoms with E-state index >= 15 is 0 Å². The predicted octanol–water partition coefficient (Wildman–Crippen LogP) is 4.45. The van der Waals surface area contributed by atoms with Crippen LogP contribution in [0.25, 0.3) is 0 Å². The molecule has 3 heterocycles. The van der Waals surface area contributed by atoms with Crippen LogP contribution in [0.3, 0.4) is 0 Å². The van der Waals surface area contributed by atoms with E-state index in [-0.39, 0.29) is 11.4 Å². The van der Waals surface area contributed by atoms with Crippen LogP contribution in [0.1, 0.15) is 30.5 Å². The minimum atomic E-state index is -3.87. The molecule has 8 heteroatoms. The van der Waals surface area contributed by atoms with Gasteiger partial charge in [-0.25, -0.2) is 8.42 Å². The van der Waals surface area contributed by atoms with Crippen molar-refractivity contribution in [1.29, 1.82) is 0 Å². The van der Waals surface area contributed by atoms with Crippen molar-refractivity contribution < 1.29 is 22.6 Å². The Balaban J connectivity index is 1.46. The molecule has 194 valence electrons. The molecule has 37 heavy (non-hydrogen) atoms. The van der Waals surface area contributed by atoms with Gasteiger partial charge < -0.3 is 19.1 Å². The Morgan fingerprint density at radius 2 is 1.62 bits per heavy atom. The molecule has 0 spiro atoms. The molecule has 3 aromatic carbocycles. The smallest absolute Gasteiger partial charge is 0.243 e. The molecule has 0 radical (unpaired) electrons. The van der Waals surface area contributed by atoms with Crippen LogP contribution in [0.15, 0.2) is 83.8 Å². The Bertz CT molecular complexity index is 1380. The second kappa shape index (κ2) is 9.22. The molecule has 0 aromatic heterocycles. The van der Waals surface area contributed by atoms with Crippen molar-refractivity contribution >= 4 is 15.7 Å². The van der Waals surface area contributed by atoms with E-state index in [2.05, 4.69) is 23.1 Å². The number of anilines is 1. The Labute approximate surface area is 218 Å². The van der Waals surface area contributed by atoms with E-state index in [1.165, 1.54) is 5.56 Å². The Morgan fingerprint density at radius 3 is 2.38 bits per heavy atom. The zero-order valence-corrected chi connectivity index (χ0v) is 22.1. The average Bonchev–Trinajstić information content (AvgIpc) is 3.32. The molecule has 2 fully saturated rings. The molecule has 3 aliphatic heterocycles. The van der Waals surface area contributed by atoms with E-state index < -0.39 is 40.4 Å². The van der Waals surface area contributed by atoms with Crippen molar-refractivity contribution in [2.45, 2.75) is 69.1 Å². The first-order valence-corrected chi connectivity index (χ1v) is 14.1. The third kappa shape index (κ3) is 4.57. The second-order valence-electron chi connectivity index (χ2n) is 10.5. The van der Waals surface area contributed by atoms with Crippen molar-refractivity contribution in [3.8, 4) is 0 Å². The van der Waals surface area contributed by atoms with Gasteiger partial charge in [0, 0.05) is 25.3 Å². The van der Waals surface area contributed by atoms with E-state index in [1.807, 2.05) is 69.3 Å². The molecule has 3 aliphatic rings. The summed E-state index contributed by atoms with van der Waals surface area (Å²) in [6.07, 6.45) is -1.62. The first-order chi connectivity index (χ1) is 17.7. The number of ether oxygens (including phenoxy) is 3. The van der Waals surface area contributed by atoms with Gasteiger partial charge in [0.2, 0.25) is 10.0 Å². The number of nitrogens with zero attached hydrogens (tertiary/aromatic N) is 2. The van der Waals surface area contributed by atoms with E-state index in [0.29, 0.717) is 13.1 Å². The van der Waals surface area contributed by atoms with E-state index in [4.69, 9.17) is 14.2 Å². The number of aryl methyl sites for hydroxylation is 1. The number of benzene rings is 3. The first kappa shape index (κ1) is 24.6. The lowest BCUT2D eigenvalue weighted by Gasteiger charge is -2.40. The molecule has 4 atom stereocenters. The summed E-state index contributed by atoms with van der Waals surface area (Å²) in [4.78, 5) is 2.54. The lowest BCUT2D eigenvalue weighted by Crippen LogP contribution is -2.54. The molecular formula is C29H32N2O5S. The summed E-state index contributed by atoms with van der Waals surface area (Å²) in [7, 11) is -3.87. The van der Waals surface area contributed by atoms with Gasteiger partial charge in [0.05, 0.1) is 17.0 Å². The Kier molecular flexibility index (Phi) is 6.12. The third-order valence-electron chi connectivity index (χ3n) is 7.35. The van der Waals surface area contributed by atoms with Crippen LogP contribution in [0.2, 0.25) is 0 Å². The molecule has 0 unspecified atom stereocenters. The van der Waals surface area contributed by atoms with Crippen LogP contribution in [0, 0.1) is 6.92 Å². The van der Waals surface area contributed by atoms with Crippen molar-refractivity contribution in [3.05, 3.63) is 95.6 Å². The van der Waals surface area contributed by atoms with Crippen LogP contribution < -0.4 is 4.90 Å². The fourth-order valence-corrected chi connectivity index (χ4v) is 7.28. The topological polar surface area (TPSA) is 68.3 Å². The van der Waals surface area contributed by atoms with Gasteiger partial charge in [-0.2, -0.15) is 4.31 Å². The molecule has 6 rings (SSSR count). The summed E-state index contributed by atoms with van der Waals surface area (Å²) in [6, 6.07) is 24.8. The fourth-order valence-electron chi connectivity index (χ4n) is 5.64. The van der Waals surface area contributed by atoms with Gasteiger partial charge in [0.15, 0.2) is 12.1 Å². The van der Waals surface area contributed by atoms with Crippen LogP contribution in [-0.2, 0) is 37.3 Å². The molecule has 0 aliphatic carbocycles. The van der Waals surface area contributed by atoms with Crippen LogP contribution in [0.4, 0.5) is 5.69 Å². The van der Waals surface area contributed by atoms with Crippen LogP contribution >= 0.6 is 0 Å². The molecule has 0 saturated carbocycles. The number of para-hydroxylation sites is 1. The third-order valence-corrected chi connectivity index (χ3v) is 9.21. The zero-order chi connectivity index (χ0) is 25.8. The first-order valence-electron chi connectivity index (χ1n) is 12.7. The zero-order valence-electron chi connectivity index (χ0n) is 21.3. The molecule has 0 N–H and O–H groups in total. The minimum Gasteiger partial charge on any atom is -0.364 e. The van der Waals surface area contributed by atoms with Gasteiger partial charge in [-0.15, -0.1) is 0 Å². The molecule has 7 nitrogen and oxygen atoms in total. The fraction of sp³-hybridized carbons (Fsp3) is 0.379. The average molecular weight is 521 g/mol. The van der Waals surface area contributed by atoms with Crippen LogP contribution in [-0.4, -0.2) is 49.6 Å². The highest BCUT2D eigenvalue weighted by Gasteiger charge is 2.59. The van der Waals surface area contributed by atoms with Crippen molar-refractivity contribution in [2.24, 2.45) is 0 Å². The standard InChI is InChI=1S/C29H32N2O5S/c1-20-13-15-23(16-14-20)37(32,33)31-18-22-11-7-8-12-24(22)30(17-21-9-5-4-6-10-21)19-25-26(31)27-28(34-25)36-29(2,3)35-27/h4-16,25-28H,17-19H2,1-3H3/t25-,26+,27-,28-/m1/s1. The lowest BCUT2D eigenvalue weighted by molar-refractivity contribution is -0.208. The monoisotopic (exact) mass is 520 g/mol. The van der Waals surface area contributed by atoms with Crippen molar-refractivity contribution in [2.75, 3.05) is 11.4 Å².